The topological polar surface area (TPSA) is 54.5 Å². The number of esters is 1. The van der Waals surface area contributed by atoms with Gasteiger partial charge in [-0.25, -0.2) is 0 Å². The fraction of sp³-hybridized carbons (Fsp3) is 0.684. The summed E-state index contributed by atoms with van der Waals surface area (Å²) in [7, 11) is 1.46. The summed E-state index contributed by atoms with van der Waals surface area (Å²) in [6, 6.07) is 6.60. The summed E-state index contributed by atoms with van der Waals surface area (Å²) in [4.78, 5) is 19.0. The first kappa shape index (κ1) is 21.9. The van der Waals surface area contributed by atoms with Crippen LogP contribution in [-0.2, 0) is 16.1 Å². The Kier molecular flexibility index (Phi) is 9.39. The molecule has 1 atom stereocenters. The number of ether oxygens (including phenoxy) is 1. The highest BCUT2D eigenvalue weighted by Crippen LogP contribution is 2.25. The first-order valence-electron chi connectivity index (χ1n) is 8.96. The lowest BCUT2D eigenvalue weighted by Gasteiger charge is -2.33. The van der Waals surface area contributed by atoms with Gasteiger partial charge in [0.1, 0.15) is 0 Å². The van der Waals surface area contributed by atoms with Crippen molar-refractivity contribution in [2.75, 3.05) is 26.7 Å². The Bertz CT molecular complexity index is 503. The monoisotopic (exact) mass is 369 g/mol. The average molecular weight is 370 g/mol. The number of hydrogen-bond acceptors (Lipinski definition) is 5. The second-order valence-corrected chi connectivity index (χ2v) is 7.25. The molecule has 0 aliphatic carbocycles. The van der Waals surface area contributed by atoms with E-state index in [1.54, 1.807) is 0 Å². The molecule has 0 bridgehead atoms. The number of carbonyl (C=O) groups is 1. The second-order valence-electron chi connectivity index (χ2n) is 7.25. The van der Waals surface area contributed by atoms with Gasteiger partial charge in [-0.2, -0.15) is 0 Å². The van der Waals surface area contributed by atoms with Gasteiger partial charge in [-0.1, -0.05) is 6.07 Å². The fourth-order valence-corrected chi connectivity index (χ4v) is 3.26. The molecule has 25 heavy (non-hydrogen) atoms. The van der Waals surface area contributed by atoms with E-state index in [0.29, 0.717) is 6.04 Å². The molecule has 2 heterocycles. The van der Waals surface area contributed by atoms with E-state index in [4.69, 9.17) is 4.74 Å². The van der Waals surface area contributed by atoms with E-state index in [1.807, 2.05) is 32.2 Å². The second kappa shape index (κ2) is 10.7. The Balaban J connectivity index is 0.00000312. The van der Waals surface area contributed by atoms with Gasteiger partial charge in [0, 0.05) is 18.8 Å². The molecule has 5 nitrogen and oxygen atoms in total. The van der Waals surface area contributed by atoms with Crippen LogP contribution >= 0.6 is 12.4 Å². The molecule has 2 rings (SSSR count). The Morgan fingerprint density at radius 1 is 1.36 bits per heavy atom. The van der Waals surface area contributed by atoms with Crippen molar-refractivity contribution in [1.29, 1.82) is 0 Å². The molecule has 1 N–H and O–H groups in total. The molecule has 1 aliphatic heterocycles. The van der Waals surface area contributed by atoms with Crippen molar-refractivity contribution < 1.29 is 9.53 Å². The van der Waals surface area contributed by atoms with Crippen LogP contribution in [0.4, 0.5) is 0 Å². The maximum atomic E-state index is 12.0. The van der Waals surface area contributed by atoms with Gasteiger partial charge >= 0.3 is 5.97 Å². The highest BCUT2D eigenvalue weighted by molar-refractivity contribution is 5.85. The molecule has 1 aliphatic rings. The summed E-state index contributed by atoms with van der Waals surface area (Å²) in [5.74, 6) is -0.136. The van der Waals surface area contributed by atoms with Crippen molar-refractivity contribution in [3.05, 3.63) is 30.1 Å². The Labute approximate surface area is 157 Å². The van der Waals surface area contributed by atoms with Crippen LogP contribution in [0.5, 0.6) is 0 Å². The number of nitrogens with one attached hydrogen (secondary N) is 1. The van der Waals surface area contributed by atoms with Gasteiger partial charge in [0.05, 0.1) is 18.2 Å². The van der Waals surface area contributed by atoms with Crippen molar-refractivity contribution in [1.82, 2.24) is 15.2 Å². The van der Waals surface area contributed by atoms with E-state index >= 15 is 0 Å². The SMILES string of the molecule is COC(=O)C(C)(C)CCN(Cc1ccccn1)C1CCCNCC1.Cl. The van der Waals surface area contributed by atoms with Crippen molar-refractivity contribution in [2.24, 2.45) is 5.41 Å². The van der Waals surface area contributed by atoms with Crippen LogP contribution in [-0.4, -0.2) is 48.6 Å². The van der Waals surface area contributed by atoms with E-state index < -0.39 is 5.41 Å². The predicted octanol–water partition coefficient (Wildman–Crippen LogP) is 3.04. The fourth-order valence-electron chi connectivity index (χ4n) is 3.26. The number of methoxy groups -OCH3 is 1. The Hall–Kier alpha value is -1.17. The third-order valence-corrected chi connectivity index (χ3v) is 4.91. The number of nitrogens with zero attached hydrogens (tertiary/aromatic N) is 2. The number of pyridine rings is 1. The van der Waals surface area contributed by atoms with Gasteiger partial charge in [0.2, 0.25) is 0 Å². The minimum atomic E-state index is -0.458. The maximum absolute atomic E-state index is 12.0. The van der Waals surface area contributed by atoms with Gasteiger partial charge < -0.3 is 10.1 Å². The predicted molar refractivity (Wildman–Crippen MR) is 103 cm³/mol. The zero-order chi connectivity index (χ0) is 17.4. The van der Waals surface area contributed by atoms with E-state index in [2.05, 4.69) is 21.3 Å². The minimum Gasteiger partial charge on any atom is -0.469 e. The Morgan fingerprint density at radius 2 is 2.16 bits per heavy atom. The molecule has 1 fully saturated rings. The van der Waals surface area contributed by atoms with Gasteiger partial charge in [0.15, 0.2) is 0 Å². The third kappa shape index (κ3) is 6.92. The van der Waals surface area contributed by atoms with Crippen LogP contribution in [0.15, 0.2) is 24.4 Å². The molecule has 1 unspecified atom stereocenters. The lowest BCUT2D eigenvalue weighted by atomic mass is 9.89. The minimum absolute atomic E-state index is 0. The van der Waals surface area contributed by atoms with Crippen LogP contribution in [0.1, 0.15) is 45.2 Å². The summed E-state index contributed by atoms with van der Waals surface area (Å²) < 4.78 is 4.95. The van der Waals surface area contributed by atoms with Crippen LogP contribution in [0, 0.1) is 5.41 Å². The van der Waals surface area contributed by atoms with Crippen LogP contribution in [0.2, 0.25) is 0 Å². The molecule has 6 heteroatoms. The number of hydrogen-bond donors (Lipinski definition) is 1. The van der Waals surface area contributed by atoms with Gasteiger partial charge in [0.25, 0.3) is 0 Å². The van der Waals surface area contributed by atoms with Crippen molar-refractivity contribution >= 4 is 18.4 Å². The van der Waals surface area contributed by atoms with Gasteiger partial charge in [-0.3, -0.25) is 14.7 Å². The standard InChI is InChI=1S/C19H31N3O2.ClH/c1-19(2,18(23)24-3)10-14-22(15-16-7-4-5-12-21-16)17-8-6-11-20-13-9-17;/h4-5,7,12,17,20H,6,8-11,13-15H2,1-3H3;1H. The highest BCUT2D eigenvalue weighted by atomic mass is 35.5. The molecular weight excluding hydrogens is 338 g/mol. The summed E-state index contributed by atoms with van der Waals surface area (Å²) in [6.07, 6.45) is 6.17. The van der Waals surface area contributed by atoms with Gasteiger partial charge in [-0.15, -0.1) is 12.4 Å². The molecule has 1 aromatic heterocycles. The molecule has 0 spiro atoms. The zero-order valence-corrected chi connectivity index (χ0v) is 16.5. The summed E-state index contributed by atoms with van der Waals surface area (Å²) in [5, 5.41) is 3.48. The molecule has 1 aromatic rings. The number of carbonyl (C=O) groups excluding carboxylic acids is 1. The number of halogens is 1. The smallest absolute Gasteiger partial charge is 0.311 e. The molecular formula is C19H32ClN3O2. The summed E-state index contributed by atoms with van der Waals surface area (Å²) in [6.45, 7) is 7.80. The van der Waals surface area contributed by atoms with Crippen molar-refractivity contribution in [3.8, 4) is 0 Å². The molecule has 142 valence electrons. The Morgan fingerprint density at radius 3 is 2.84 bits per heavy atom. The quantitative estimate of drug-likeness (QED) is 0.748. The molecule has 1 saturated heterocycles. The number of rotatable bonds is 7. The molecule has 0 saturated carbocycles. The zero-order valence-electron chi connectivity index (χ0n) is 15.7. The third-order valence-electron chi connectivity index (χ3n) is 4.91. The van der Waals surface area contributed by atoms with E-state index in [0.717, 1.165) is 44.7 Å². The lowest BCUT2D eigenvalue weighted by molar-refractivity contribution is -0.151. The van der Waals surface area contributed by atoms with E-state index in [-0.39, 0.29) is 18.4 Å². The lowest BCUT2D eigenvalue weighted by Crippen LogP contribution is -2.39. The first-order valence-corrected chi connectivity index (χ1v) is 8.96. The van der Waals surface area contributed by atoms with Crippen LogP contribution in [0.25, 0.3) is 0 Å². The normalized spacial score (nSPS) is 18.3. The highest BCUT2D eigenvalue weighted by Gasteiger charge is 2.30. The van der Waals surface area contributed by atoms with Crippen molar-refractivity contribution in [3.63, 3.8) is 0 Å². The molecule has 0 aromatic carbocycles. The number of aromatic nitrogens is 1. The molecule has 0 radical (unpaired) electrons. The summed E-state index contributed by atoms with van der Waals surface area (Å²) >= 11 is 0. The summed E-state index contributed by atoms with van der Waals surface area (Å²) in [5.41, 5.74) is 0.630. The maximum Gasteiger partial charge on any atom is 0.311 e. The molecule has 0 amide bonds. The van der Waals surface area contributed by atoms with Crippen LogP contribution in [0.3, 0.4) is 0 Å². The van der Waals surface area contributed by atoms with Gasteiger partial charge in [-0.05, 0) is 71.3 Å². The first-order chi connectivity index (χ1) is 11.5. The van der Waals surface area contributed by atoms with Crippen LogP contribution < -0.4 is 5.32 Å². The van der Waals surface area contributed by atoms with E-state index in [1.165, 1.54) is 20.0 Å². The van der Waals surface area contributed by atoms with E-state index in [9.17, 15) is 4.79 Å². The van der Waals surface area contributed by atoms with Crippen molar-refractivity contribution in [2.45, 2.75) is 52.1 Å². The largest absolute Gasteiger partial charge is 0.469 e. The average Bonchev–Trinajstić information content (AvgIpc) is 2.88.